The molecule has 0 aliphatic heterocycles. The van der Waals surface area contributed by atoms with Gasteiger partial charge in [0.05, 0.1) is 11.6 Å². The fraction of sp³-hybridized carbons (Fsp3) is 0. The molecule has 0 unspecified atom stereocenters. The average Bonchev–Trinajstić information content (AvgIpc) is 3.29. The van der Waals surface area contributed by atoms with Crippen molar-refractivity contribution in [1.82, 2.24) is 15.0 Å². The molecule has 0 spiro atoms. The second-order valence-corrected chi connectivity index (χ2v) is 13.6. The van der Waals surface area contributed by atoms with Crippen molar-refractivity contribution in [2.45, 2.75) is 0 Å². The molecule has 0 radical (unpaired) electrons. The van der Waals surface area contributed by atoms with E-state index in [4.69, 9.17) is 15.0 Å². The second kappa shape index (κ2) is 15.3. The molecule has 0 N–H and O–H groups in total. The van der Waals surface area contributed by atoms with Crippen molar-refractivity contribution >= 4 is 0 Å². The van der Waals surface area contributed by atoms with Crippen LogP contribution >= 0.6 is 0 Å². The van der Waals surface area contributed by atoms with Gasteiger partial charge in [0, 0.05) is 16.7 Å². The molecule has 0 fully saturated rings. The molecule has 1 heterocycles. The van der Waals surface area contributed by atoms with Crippen molar-refractivity contribution in [2.75, 3.05) is 0 Å². The van der Waals surface area contributed by atoms with Gasteiger partial charge < -0.3 is 0 Å². The summed E-state index contributed by atoms with van der Waals surface area (Å²) in [4.78, 5) is 15.3. The zero-order chi connectivity index (χ0) is 37.7. The summed E-state index contributed by atoms with van der Waals surface area (Å²) in [6.45, 7) is 0. The molecule has 0 aliphatic carbocycles. The lowest BCUT2D eigenvalue weighted by atomic mass is 9.87. The molecule has 0 atom stereocenters. The highest BCUT2D eigenvalue weighted by atomic mass is 15.0. The molecule has 4 nitrogen and oxygen atoms in total. The molecule has 1 aromatic heterocycles. The molecule has 0 aliphatic rings. The van der Waals surface area contributed by atoms with Crippen molar-refractivity contribution in [3.05, 3.63) is 212 Å². The van der Waals surface area contributed by atoms with Crippen LogP contribution in [0.5, 0.6) is 0 Å². The van der Waals surface area contributed by atoms with Crippen LogP contribution < -0.4 is 0 Å². The maximum atomic E-state index is 9.45. The van der Waals surface area contributed by atoms with E-state index in [-0.39, 0.29) is 0 Å². The Morgan fingerprint density at radius 1 is 0.286 bits per heavy atom. The fourth-order valence-corrected chi connectivity index (χ4v) is 7.18. The minimum Gasteiger partial charge on any atom is -0.208 e. The number of nitrogens with zero attached hydrogens (tertiary/aromatic N) is 4. The first kappa shape index (κ1) is 34.1. The van der Waals surface area contributed by atoms with Gasteiger partial charge in [-0.3, -0.25) is 0 Å². The van der Waals surface area contributed by atoms with Crippen LogP contribution in [0.3, 0.4) is 0 Å². The number of hydrogen-bond acceptors (Lipinski definition) is 4. The lowest BCUT2D eigenvalue weighted by Gasteiger charge is -2.17. The summed E-state index contributed by atoms with van der Waals surface area (Å²) in [5.74, 6) is 1.76. The molecule has 262 valence electrons. The molecule has 56 heavy (non-hydrogen) atoms. The van der Waals surface area contributed by atoms with Crippen LogP contribution in [0.2, 0.25) is 0 Å². The molecule has 0 bridgehead atoms. The number of rotatable bonds is 8. The van der Waals surface area contributed by atoms with Crippen LogP contribution in [0.1, 0.15) is 5.56 Å². The zero-order valence-corrected chi connectivity index (χ0v) is 30.4. The van der Waals surface area contributed by atoms with Gasteiger partial charge in [-0.05, 0) is 73.8 Å². The van der Waals surface area contributed by atoms with Crippen molar-refractivity contribution < 1.29 is 0 Å². The minimum absolute atomic E-state index is 0.580. The largest absolute Gasteiger partial charge is 0.208 e. The minimum atomic E-state index is 0.580. The van der Waals surface area contributed by atoms with E-state index in [9.17, 15) is 5.26 Å². The molecule has 0 amide bonds. The van der Waals surface area contributed by atoms with Gasteiger partial charge >= 0.3 is 0 Å². The smallest absolute Gasteiger partial charge is 0.164 e. The van der Waals surface area contributed by atoms with Gasteiger partial charge in [-0.15, -0.1) is 0 Å². The van der Waals surface area contributed by atoms with Crippen LogP contribution in [0.4, 0.5) is 0 Å². The first-order valence-corrected chi connectivity index (χ1v) is 18.6. The lowest BCUT2D eigenvalue weighted by Crippen LogP contribution is -2.00. The first-order chi connectivity index (χ1) is 27.7. The van der Waals surface area contributed by atoms with Crippen LogP contribution in [0, 0.1) is 11.3 Å². The monoisotopic (exact) mass is 714 g/mol. The summed E-state index contributed by atoms with van der Waals surface area (Å²) in [7, 11) is 0. The van der Waals surface area contributed by atoms with Gasteiger partial charge in [0.2, 0.25) is 0 Å². The molecule has 4 heteroatoms. The maximum Gasteiger partial charge on any atom is 0.164 e. The highest BCUT2D eigenvalue weighted by Gasteiger charge is 2.17. The van der Waals surface area contributed by atoms with Crippen molar-refractivity contribution in [2.24, 2.45) is 0 Å². The standard InChI is InChI=1S/C52H34N4/c53-35-36-13-10-20-44(33-36)39-27-31-43(32-28-39)51-54-50(42-29-25-38(26-30-42)37-14-4-1-5-15-37)55-52(56-51)46-22-11-21-45(34-46)48-24-12-23-47(40-16-6-2-7-17-40)49(48)41-18-8-3-9-19-41/h1-34H. The van der Waals surface area contributed by atoms with E-state index >= 15 is 0 Å². The van der Waals surface area contributed by atoms with Crippen LogP contribution in [-0.2, 0) is 0 Å². The van der Waals surface area contributed by atoms with Gasteiger partial charge in [-0.2, -0.15) is 5.26 Å². The summed E-state index contributed by atoms with van der Waals surface area (Å²) in [5.41, 5.74) is 14.4. The predicted octanol–water partition coefficient (Wildman–Crippen LogP) is 13.1. The van der Waals surface area contributed by atoms with E-state index in [1.165, 1.54) is 11.1 Å². The predicted molar refractivity (Wildman–Crippen MR) is 228 cm³/mol. The van der Waals surface area contributed by atoms with Crippen molar-refractivity contribution in [3.8, 4) is 95.9 Å². The van der Waals surface area contributed by atoms with E-state index in [0.29, 0.717) is 23.0 Å². The molecule has 8 aromatic carbocycles. The SMILES string of the molecule is N#Cc1cccc(-c2ccc(-c3nc(-c4ccc(-c5ccccc5)cc4)nc(-c4cccc(-c5cccc(-c6ccccc6)c5-c5ccccc5)c4)n3)cc2)c1. The quantitative estimate of drug-likeness (QED) is 0.157. The lowest BCUT2D eigenvalue weighted by molar-refractivity contribution is 1.07. The van der Waals surface area contributed by atoms with E-state index in [1.54, 1.807) is 0 Å². The highest BCUT2D eigenvalue weighted by Crippen LogP contribution is 2.41. The Labute approximate surface area is 326 Å². The number of benzene rings is 8. The summed E-state index contributed by atoms with van der Waals surface area (Å²) < 4.78 is 0. The number of nitriles is 1. The Hall–Kier alpha value is -7.74. The summed E-state index contributed by atoms with van der Waals surface area (Å²) in [6.07, 6.45) is 0. The highest BCUT2D eigenvalue weighted by molar-refractivity contribution is 5.95. The molecule has 9 aromatic rings. The zero-order valence-electron chi connectivity index (χ0n) is 30.4. The van der Waals surface area contributed by atoms with Crippen molar-refractivity contribution in [3.63, 3.8) is 0 Å². The Bertz CT molecular complexity index is 2830. The fourth-order valence-electron chi connectivity index (χ4n) is 7.18. The number of aromatic nitrogens is 3. The summed E-state index contributed by atoms with van der Waals surface area (Å²) >= 11 is 0. The van der Waals surface area contributed by atoms with E-state index in [1.807, 2.05) is 54.6 Å². The Morgan fingerprint density at radius 2 is 0.679 bits per heavy atom. The normalized spacial score (nSPS) is 10.8. The van der Waals surface area contributed by atoms with Gasteiger partial charge in [0.15, 0.2) is 17.5 Å². The Balaban J connectivity index is 1.16. The van der Waals surface area contributed by atoms with E-state index < -0.39 is 0 Å². The van der Waals surface area contributed by atoms with Gasteiger partial charge in [-0.25, -0.2) is 15.0 Å². The van der Waals surface area contributed by atoms with Crippen molar-refractivity contribution in [1.29, 1.82) is 5.26 Å². The molecule has 0 saturated heterocycles. The maximum absolute atomic E-state index is 9.45. The van der Waals surface area contributed by atoms with Gasteiger partial charge in [0.25, 0.3) is 0 Å². The van der Waals surface area contributed by atoms with Gasteiger partial charge in [0.1, 0.15) is 0 Å². The molecular formula is C52H34N4. The average molecular weight is 715 g/mol. The molecular weight excluding hydrogens is 681 g/mol. The van der Waals surface area contributed by atoms with Gasteiger partial charge in [-0.1, -0.05) is 188 Å². The number of hydrogen-bond donors (Lipinski definition) is 0. The van der Waals surface area contributed by atoms with E-state index in [2.05, 4.69) is 158 Å². The third-order valence-corrected chi connectivity index (χ3v) is 10.00. The first-order valence-electron chi connectivity index (χ1n) is 18.6. The molecule has 0 saturated carbocycles. The Morgan fingerprint density at radius 3 is 1.27 bits per heavy atom. The topological polar surface area (TPSA) is 62.5 Å². The summed E-state index contributed by atoms with van der Waals surface area (Å²) in [5, 5.41) is 9.45. The third-order valence-electron chi connectivity index (χ3n) is 10.00. The van der Waals surface area contributed by atoms with Crippen LogP contribution in [-0.4, -0.2) is 15.0 Å². The van der Waals surface area contributed by atoms with Crippen LogP contribution in [0.25, 0.3) is 89.8 Å². The van der Waals surface area contributed by atoms with Crippen LogP contribution in [0.15, 0.2) is 206 Å². The Kier molecular flexibility index (Phi) is 9.31. The van der Waals surface area contributed by atoms with E-state index in [0.717, 1.165) is 61.2 Å². The third kappa shape index (κ3) is 7.01. The summed E-state index contributed by atoms with van der Waals surface area (Å²) in [6, 6.07) is 72.9. The second-order valence-electron chi connectivity index (χ2n) is 13.6. The molecule has 9 rings (SSSR count).